The lowest BCUT2D eigenvalue weighted by Crippen LogP contribution is -2.37. The SMILES string of the molecule is C[C@H](c1ccc(-c2cc(NCCO)nc(N)n2)cc1)N1CCOCC1. The van der Waals surface area contributed by atoms with E-state index in [9.17, 15) is 0 Å². The summed E-state index contributed by atoms with van der Waals surface area (Å²) in [5.41, 5.74) is 8.82. The molecule has 1 atom stereocenters. The van der Waals surface area contributed by atoms with E-state index >= 15 is 0 Å². The van der Waals surface area contributed by atoms with E-state index < -0.39 is 0 Å². The summed E-state index contributed by atoms with van der Waals surface area (Å²) >= 11 is 0. The highest BCUT2D eigenvalue weighted by Crippen LogP contribution is 2.25. The number of hydrogen-bond acceptors (Lipinski definition) is 7. The second-order valence-corrected chi connectivity index (χ2v) is 6.09. The lowest BCUT2D eigenvalue weighted by Gasteiger charge is -2.32. The molecule has 1 aliphatic rings. The lowest BCUT2D eigenvalue weighted by molar-refractivity contribution is 0.0198. The predicted octanol–water partition coefficient (Wildman–Crippen LogP) is 1.52. The van der Waals surface area contributed by atoms with Crippen molar-refractivity contribution < 1.29 is 9.84 Å². The van der Waals surface area contributed by atoms with Crippen molar-refractivity contribution in [3.63, 3.8) is 0 Å². The highest BCUT2D eigenvalue weighted by Gasteiger charge is 2.18. The van der Waals surface area contributed by atoms with Gasteiger partial charge in [-0.15, -0.1) is 0 Å². The fraction of sp³-hybridized carbons (Fsp3) is 0.444. The predicted molar refractivity (Wildman–Crippen MR) is 98.3 cm³/mol. The molecule has 1 saturated heterocycles. The molecule has 1 fully saturated rings. The van der Waals surface area contributed by atoms with Crippen LogP contribution in [0.1, 0.15) is 18.5 Å². The normalized spacial score (nSPS) is 16.6. The first-order valence-electron chi connectivity index (χ1n) is 8.59. The van der Waals surface area contributed by atoms with Gasteiger partial charge in [0.05, 0.1) is 25.5 Å². The molecule has 1 aliphatic heterocycles. The van der Waals surface area contributed by atoms with Gasteiger partial charge in [-0.2, -0.15) is 4.98 Å². The van der Waals surface area contributed by atoms with E-state index in [1.54, 1.807) is 0 Å². The number of benzene rings is 1. The molecule has 2 aromatic rings. The molecule has 0 amide bonds. The van der Waals surface area contributed by atoms with Crippen molar-refractivity contribution in [2.45, 2.75) is 13.0 Å². The number of aromatic nitrogens is 2. The number of nitrogens with two attached hydrogens (primary N) is 1. The van der Waals surface area contributed by atoms with Gasteiger partial charge in [0.25, 0.3) is 0 Å². The van der Waals surface area contributed by atoms with E-state index in [4.69, 9.17) is 15.6 Å². The summed E-state index contributed by atoms with van der Waals surface area (Å²) in [4.78, 5) is 10.9. The monoisotopic (exact) mass is 343 g/mol. The molecular formula is C18H25N5O2. The molecule has 1 aromatic heterocycles. The van der Waals surface area contributed by atoms with Crippen LogP contribution >= 0.6 is 0 Å². The van der Waals surface area contributed by atoms with Crippen LogP contribution in [0.3, 0.4) is 0 Å². The van der Waals surface area contributed by atoms with Gasteiger partial charge in [0.1, 0.15) is 5.82 Å². The summed E-state index contributed by atoms with van der Waals surface area (Å²) in [6, 6.07) is 10.6. The average Bonchev–Trinajstić information content (AvgIpc) is 2.66. The van der Waals surface area contributed by atoms with Crippen LogP contribution in [-0.2, 0) is 4.74 Å². The molecule has 7 heteroatoms. The van der Waals surface area contributed by atoms with E-state index in [1.165, 1.54) is 5.56 Å². The zero-order chi connectivity index (χ0) is 17.6. The van der Waals surface area contributed by atoms with Gasteiger partial charge in [-0.05, 0) is 12.5 Å². The standard InChI is InChI=1S/C18H25N5O2/c1-13(23-7-10-25-11-8-23)14-2-4-15(5-3-14)16-12-17(20-6-9-24)22-18(19)21-16/h2-5,12-13,24H,6-11H2,1H3,(H3,19,20,21,22)/t13-/m1/s1. The Morgan fingerprint density at radius 3 is 2.64 bits per heavy atom. The Morgan fingerprint density at radius 1 is 1.24 bits per heavy atom. The summed E-state index contributed by atoms with van der Waals surface area (Å²) in [6.45, 7) is 6.20. The van der Waals surface area contributed by atoms with Crippen LogP contribution in [0.2, 0.25) is 0 Å². The van der Waals surface area contributed by atoms with E-state index in [0.29, 0.717) is 18.4 Å². The molecule has 25 heavy (non-hydrogen) atoms. The molecule has 3 rings (SSSR count). The maximum atomic E-state index is 8.92. The molecule has 0 unspecified atom stereocenters. The number of morpholine rings is 1. The van der Waals surface area contributed by atoms with Crippen LogP contribution in [0.15, 0.2) is 30.3 Å². The van der Waals surface area contributed by atoms with Crippen LogP contribution in [0.25, 0.3) is 11.3 Å². The number of aliphatic hydroxyl groups excluding tert-OH is 1. The Balaban J connectivity index is 1.76. The van der Waals surface area contributed by atoms with Gasteiger partial charge < -0.3 is 20.9 Å². The topological polar surface area (TPSA) is 96.5 Å². The minimum Gasteiger partial charge on any atom is -0.395 e. The third-order valence-corrected chi connectivity index (χ3v) is 4.44. The fourth-order valence-electron chi connectivity index (χ4n) is 3.00. The first-order chi connectivity index (χ1) is 12.2. The van der Waals surface area contributed by atoms with E-state index in [0.717, 1.165) is 37.6 Å². The Labute approximate surface area is 147 Å². The minimum absolute atomic E-state index is 0.0351. The summed E-state index contributed by atoms with van der Waals surface area (Å²) in [5, 5.41) is 11.9. The molecule has 7 nitrogen and oxygen atoms in total. The highest BCUT2D eigenvalue weighted by atomic mass is 16.5. The number of aliphatic hydroxyl groups is 1. The largest absolute Gasteiger partial charge is 0.395 e. The van der Waals surface area contributed by atoms with Gasteiger partial charge in [-0.25, -0.2) is 4.98 Å². The zero-order valence-electron chi connectivity index (χ0n) is 14.5. The first-order valence-corrected chi connectivity index (χ1v) is 8.59. The number of rotatable bonds is 6. The number of nitrogens with one attached hydrogen (secondary N) is 1. The van der Waals surface area contributed by atoms with E-state index in [-0.39, 0.29) is 12.6 Å². The Bertz CT molecular complexity index is 686. The second-order valence-electron chi connectivity index (χ2n) is 6.09. The van der Waals surface area contributed by atoms with Gasteiger partial charge in [0.15, 0.2) is 0 Å². The third kappa shape index (κ3) is 4.45. The van der Waals surface area contributed by atoms with Gasteiger partial charge >= 0.3 is 0 Å². The van der Waals surface area contributed by atoms with Crippen LogP contribution < -0.4 is 11.1 Å². The highest BCUT2D eigenvalue weighted by molar-refractivity contribution is 5.64. The fourth-order valence-corrected chi connectivity index (χ4v) is 3.00. The lowest BCUT2D eigenvalue weighted by atomic mass is 10.0. The smallest absolute Gasteiger partial charge is 0.222 e. The number of ether oxygens (including phenoxy) is 1. The average molecular weight is 343 g/mol. The van der Waals surface area contributed by atoms with Crippen molar-refractivity contribution in [1.29, 1.82) is 0 Å². The number of anilines is 2. The second kappa shape index (κ2) is 8.24. The van der Waals surface area contributed by atoms with Crippen LogP contribution in [0.4, 0.5) is 11.8 Å². The number of nitrogens with zero attached hydrogens (tertiary/aromatic N) is 3. The molecule has 1 aromatic carbocycles. The molecule has 2 heterocycles. The van der Waals surface area contributed by atoms with Crippen molar-refractivity contribution in [3.8, 4) is 11.3 Å². The summed E-state index contributed by atoms with van der Waals surface area (Å²) in [5.74, 6) is 0.825. The maximum absolute atomic E-state index is 8.92. The van der Waals surface area contributed by atoms with E-state index in [2.05, 4.69) is 51.4 Å². The van der Waals surface area contributed by atoms with Crippen molar-refractivity contribution in [1.82, 2.24) is 14.9 Å². The number of hydrogen-bond donors (Lipinski definition) is 3. The quantitative estimate of drug-likeness (QED) is 0.732. The van der Waals surface area contributed by atoms with Gasteiger partial charge in [-0.1, -0.05) is 24.3 Å². The van der Waals surface area contributed by atoms with Crippen LogP contribution in [0, 0.1) is 0 Å². The summed E-state index contributed by atoms with van der Waals surface area (Å²) < 4.78 is 5.42. The number of nitrogen functional groups attached to an aromatic ring is 1. The van der Waals surface area contributed by atoms with Gasteiger partial charge in [0.2, 0.25) is 5.95 Å². The molecule has 0 bridgehead atoms. The molecule has 0 saturated carbocycles. The van der Waals surface area contributed by atoms with Gasteiger partial charge in [-0.3, -0.25) is 4.90 Å². The molecule has 0 spiro atoms. The Hall–Kier alpha value is -2.22. The van der Waals surface area contributed by atoms with Crippen molar-refractivity contribution in [2.75, 3.05) is 50.5 Å². The van der Waals surface area contributed by atoms with Gasteiger partial charge in [0, 0.05) is 37.3 Å². The Kier molecular flexibility index (Phi) is 5.80. The molecule has 134 valence electrons. The minimum atomic E-state index is 0.0351. The van der Waals surface area contributed by atoms with Crippen molar-refractivity contribution in [2.24, 2.45) is 0 Å². The van der Waals surface area contributed by atoms with E-state index in [1.807, 2.05) is 6.07 Å². The van der Waals surface area contributed by atoms with Crippen molar-refractivity contribution >= 4 is 11.8 Å². The van der Waals surface area contributed by atoms with Crippen molar-refractivity contribution in [3.05, 3.63) is 35.9 Å². The molecule has 0 radical (unpaired) electrons. The summed E-state index contributed by atoms with van der Waals surface area (Å²) in [6.07, 6.45) is 0. The summed E-state index contributed by atoms with van der Waals surface area (Å²) in [7, 11) is 0. The Morgan fingerprint density at radius 2 is 1.96 bits per heavy atom. The van der Waals surface area contributed by atoms with Crippen LogP contribution in [-0.4, -0.2) is 59.4 Å². The molecule has 0 aliphatic carbocycles. The third-order valence-electron chi connectivity index (χ3n) is 4.44. The molecular weight excluding hydrogens is 318 g/mol. The van der Waals surface area contributed by atoms with Crippen LogP contribution in [0.5, 0.6) is 0 Å². The molecule has 4 N–H and O–H groups in total. The zero-order valence-corrected chi connectivity index (χ0v) is 14.5. The maximum Gasteiger partial charge on any atom is 0.222 e. The first kappa shape index (κ1) is 17.6.